The Morgan fingerprint density at radius 2 is 1.45 bits per heavy atom. The third kappa shape index (κ3) is 3.85. The van der Waals surface area contributed by atoms with Gasteiger partial charge in [0.2, 0.25) is 0 Å². The maximum atomic E-state index is 11.8. The molecule has 0 radical (unpaired) electrons. The SMILES string of the molecule is CCOC(=O)c1ncn2c1CCc1ccccc1-2.OCc1ncn2c1CCc1ccccc1-2. The molecule has 7 heteroatoms. The van der Waals surface area contributed by atoms with Gasteiger partial charge in [0.05, 0.1) is 30.9 Å². The van der Waals surface area contributed by atoms with E-state index in [1.807, 2.05) is 22.8 Å². The van der Waals surface area contributed by atoms with E-state index < -0.39 is 0 Å². The number of ether oxygens (including phenoxy) is 1. The lowest BCUT2D eigenvalue weighted by molar-refractivity contribution is 0.0518. The van der Waals surface area contributed by atoms with Crippen molar-refractivity contribution in [1.29, 1.82) is 0 Å². The topological polar surface area (TPSA) is 82.2 Å². The molecule has 0 saturated heterocycles. The molecule has 4 heterocycles. The van der Waals surface area contributed by atoms with Gasteiger partial charge in [-0.2, -0.15) is 0 Å². The Kier molecular flexibility index (Phi) is 5.79. The molecule has 0 fully saturated rings. The molecule has 0 unspecified atom stereocenters. The van der Waals surface area contributed by atoms with Gasteiger partial charge in [0.25, 0.3) is 0 Å². The van der Waals surface area contributed by atoms with Crippen LogP contribution < -0.4 is 0 Å². The number of aliphatic hydroxyl groups is 1. The second-order valence-electron chi connectivity index (χ2n) is 8.05. The van der Waals surface area contributed by atoms with Crippen LogP contribution in [0.3, 0.4) is 0 Å². The minimum atomic E-state index is -0.328. The molecule has 2 aromatic heterocycles. The minimum absolute atomic E-state index is 0.0322. The average Bonchev–Trinajstić information content (AvgIpc) is 3.49. The summed E-state index contributed by atoms with van der Waals surface area (Å²) in [5.74, 6) is -0.328. The molecule has 2 aromatic carbocycles. The highest BCUT2D eigenvalue weighted by atomic mass is 16.5. The van der Waals surface area contributed by atoms with Gasteiger partial charge in [-0.25, -0.2) is 14.8 Å². The van der Waals surface area contributed by atoms with Crippen LogP contribution in [0.1, 0.15) is 45.6 Å². The number of benzene rings is 2. The number of rotatable bonds is 3. The van der Waals surface area contributed by atoms with E-state index in [-0.39, 0.29) is 12.6 Å². The average molecular weight is 443 g/mol. The van der Waals surface area contributed by atoms with Crippen molar-refractivity contribution in [1.82, 2.24) is 19.1 Å². The van der Waals surface area contributed by atoms with E-state index in [2.05, 4.69) is 44.9 Å². The Hall–Kier alpha value is -3.71. The number of fused-ring (bicyclic) bond motifs is 6. The first-order valence-corrected chi connectivity index (χ1v) is 11.3. The Morgan fingerprint density at radius 3 is 2.09 bits per heavy atom. The first-order chi connectivity index (χ1) is 16.2. The van der Waals surface area contributed by atoms with Crippen LogP contribution in [0, 0.1) is 0 Å². The molecule has 4 aromatic rings. The van der Waals surface area contributed by atoms with Crippen molar-refractivity contribution in [2.75, 3.05) is 6.61 Å². The van der Waals surface area contributed by atoms with E-state index in [1.54, 1.807) is 19.6 Å². The third-order valence-electron chi connectivity index (χ3n) is 6.20. The van der Waals surface area contributed by atoms with Crippen molar-refractivity contribution in [3.63, 3.8) is 0 Å². The first kappa shape index (κ1) is 21.2. The number of carbonyl (C=O) groups is 1. The summed E-state index contributed by atoms with van der Waals surface area (Å²) in [4.78, 5) is 20.2. The van der Waals surface area contributed by atoms with Crippen LogP contribution in [0.5, 0.6) is 0 Å². The molecule has 0 saturated carbocycles. The summed E-state index contributed by atoms with van der Waals surface area (Å²) >= 11 is 0. The fourth-order valence-corrected chi connectivity index (χ4v) is 4.63. The number of aryl methyl sites for hydroxylation is 2. The van der Waals surface area contributed by atoms with E-state index in [1.165, 1.54) is 16.8 Å². The number of hydrogen-bond acceptors (Lipinski definition) is 5. The lowest BCUT2D eigenvalue weighted by Crippen LogP contribution is -2.15. The molecule has 0 atom stereocenters. The Labute approximate surface area is 192 Å². The molecule has 168 valence electrons. The van der Waals surface area contributed by atoms with E-state index in [4.69, 9.17) is 9.84 Å². The van der Waals surface area contributed by atoms with E-state index in [0.717, 1.165) is 48.5 Å². The standard InChI is InChI=1S/C14H14N2O2.C12H12N2O/c1-2-18-14(17)13-12-8-7-10-5-3-4-6-11(10)16(12)9-15-13;15-7-10-12-6-5-9-3-1-2-4-11(9)14(12)8-13-10/h3-6,9H,2,7-8H2,1H3;1-4,8,15H,5-7H2. The van der Waals surface area contributed by atoms with Gasteiger partial charge in [-0.1, -0.05) is 36.4 Å². The normalized spacial score (nSPS) is 13.0. The number of imidazole rings is 2. The number of para-hydroxylation sites is 2. The smallest absolute Gasteiger partial charge is 0.358 e. The molecule has 0 aliphatic carbocycles. The van der Waals surface area contributed by atoms with Gasteiger partial charge in [0, 0.05) is 17.1 Å². The van der Waals surface area contributed by atoms with Gasteiger partial charge >= 0.3 is 5.97 Å². The zero-order chi connectivity index (χ0) is 22.8. The summed E-state index contributed by atoms with van der Waals surface area (Å²) < 4.78 is 9.10. The van der Waals surface area contributed by atoms with Crippen molar-refractivity contribution in [2.24, 2.45) is 0 Å². The van der Waals surface area contributed by atoms with Crippen LogP contribution in [-0.2, 0) is 37.0 Å². The zero-order valence-corrected chi connectivity index (χ0v) is 18.6. The first-order valence-electron chi connectivity index (χ1n) is 11.3. The quantitative estimate of drug-likeness (QED) is 0.490. The number of esters is 1. The summed E-state index contributed by atoms with van der Waals surface area (Å²) in [5.41, 5.74) is 8.32. The van der Waals surface area contributed by atoms with Crippen LogP contribution in [0.15, 0.2) is 61.2 Å². The van der Waals surface area contributed by atoms with Crippen molar-refractivity contribution in [3.05, 3.63) is 95.1 Å². The van der Waals surface area contributed by atoms with Gasteiger partial charge in [0.1, 0.15) is 6.33 Å². The van der Waals surface area contributed by atoms with Crippen LogP contribution in [0.2, 0.25) is 0 Å². The van der Waals surface area contributed by atoms with E-state index >= 15 is 0 Å². The fraction of sp³-hybridized carbons (Fsp3) is 0.269. The Balaban J connectivity index is 0.000000140. The minimum Gasteiger partial charge on any atom is -0.461 e. The Morgan fingerprint density at radius 1 is 0.879 bits per heavy atom. The summed E-state index contributed by atoms with van der Waals surface area (Å²) in [6.07, 6.45) is 7.28. The molecular weight excluding hydrogens is 416 g/mol. The second kappa shape index (κ2) is 9.03. The maximum absolute atomic E-state index is 11.8. The molecule has 33 heavy (non-hydrogen) atoms. The predicted octanol–water partition coefficient (Wildman–Crippen LogP) is 3.61. The number of hydrogen-bond donors (Lipinski definition) is 1. The zero-order valence-electron chi connectivity index (χ0n) is 18.6. The van der Waals surface area contributed by atoms with Crippen molar-refractivity contribution < 1.29 is 14.6 Å². The number of nitrogens with zero attached hydrogens (tertiary/aromatic N) is 4. The largest absolute Gasteiger partial charge is 0.461 e. The van der Waals surface area contributed by atoms with Crippen LogP contribution >= 0.6 is 0 Å². The van der Waals surface area contributed by atoms with E-state index in [9.17, 15) is 4.79 Å². The summed E-state index contributed by atoms with van der Waals surface area (Å²) in [7, 11) is 0. The summed E-state index contributed by atoms with van der Waals surface area (Å²) in [6.45, 7) is 2.21. The van der Waals surface area contributed by atoms with Crippen molar-refractivity contribution in [2.45, 2.75) is 39.2 Å². The predicted molar refractivity (Wildman–Crippen MR) is 124 cm³/mol. The fourth-order valence-electron chi connectivity index (χ4n) is 4.63. The third-order valence-corrected chi connectivity index (χ3v) is 6.20. The van der Waals surface area contributed by atoms with Crippen LogP contribution in [0.25, 0.3) is 11.4 Å². The molecule has 2 aliphatic heterocycles. The molecule has 1 N–H and O–H groups in total. The molecule has 7 nitrogen and oxygen atoms in total. The monoisotopic (exact) mass is 442 g/mol. The molecule has 6 rings (SSSR count). The molecule has 0 amide bonds. The second-order valence-corrected chi connectivity index (χ2v) is 8.05. The lowest BCUT2D eigenvalue weighted by atomic mass is 10.0. The van der Waals surface area contributed by atoms with Crippen LogP contribution in [0.4, 0.5) is 0 Å². The number of aliphatic hydroxyl groups excluding tert-OH is 1. The number of carbonyl (C=O) groups excluding carboxylic acids is 1. The summed E-state index contributed by atoms with van der Waals surface area (Å²) in [5, 5.41) is 9.15. The van der Waals surface area contributed by atoms with Gasteiger partial charge in [-0.3, -0.25) is 0 Å². The molecular formula is C26H26N4O3. The summed E-state index contributed by atoms with van der Waals surface area (Å²) in [6, 6.07) is 16.5. The van der Waals surface area contributed by atoms with Crippen molar-refractivity contribution >= 4 is 5.97 Å². The van der Waals surface area contributed by atoms with Gasteiger partial charge in [0.15, 0.2) is 5.69 Å². The highest BCUT2D eigenvalue weighted by Gasteiger charge is 2.24. The maximum Gasteiger partial charge on any atom is 0.358 e. The lowest BCUT2D eigenvalue weighted by Gasteiger charge is -2.19. The van der Waals surface area contributed by atoms with Gasteiger partial charge < -0.3 is 19.0 Å². The Bertz CT molecular complexity index is 1300. The van der Waals surface area contributed by atoms with Crippen LogP contribution in [-0.4, -0.2) is 36.8 Å². The molecule has 2 aliphatic rings. The van der Waals surface area contributed by atoms with Crippen molar-refractivity contribution in [3.8, 4) is 11.4 Å². The van der Waals surface area contributed by atoms with Gasteiger partial charge in [-0.15, -0.1) is 0 Å². The number of aromatic nitrogens is 4. The van der Waals surface area contributed by atoms with E-state index in [0.29, 0.717) is 12.3 Å². The molecule has 0 bridgehead atoms. The van der Waals surface area contributed by atoms with Gasteiger partial charge in [-0.05, 0) is 55.9 Å². The highest BCUT2D eigenvalue weighted by Crippen LogP contribution is 2.27. The molecule has 0 spiro atoms. The highest BCUT2D eigenvalue weighted by molar-refractivity contribution is 5.89.